The van der Waals surface area contributed by atoms with Crippen LogP contribution in [-0.2, 0) is 0 Å². The summed E-state index contributed by atoms with van der Waals surface area (Å²) in [4.78, 5) is 0. The van der Waals surface area contributed by atoms with Crippen molar-refractivity contribution in [3.8, 4) is 0 Å². The van der Waals surface area contributed by atoms with Gasteiger partial charge in [0, 0.05) is 5.92 Å². The predicted octanol–water partition coefficient (Wildman–Crippen LogP) is 5.97. The molecule has 3 nitrogen and oxygen atoms in total. The predicted molar refractivity (Wildman–Crippen MR) is 129 cm³/mol. The quantitative estimate of drug-likeness (QED) is 0.433. The molecule has 0 heterocycles. The molecule has 0 aromatic carbocycles. The van der Waals surface area contributed by atoms with Crippen LogP contribution in [0, 0.1) is 46.8 Å². The zero-order chi connectivity index (χ0) is 23.0. The number of hydrogen-bond donors (Lipinski definition) is 3. The smallest absolute Gasteiger partial charge is 0.0621 e. The third-order valence-electron chi connectivity index (χ3n) is 9.87. The lowest BCUT2D eigenvalue weighted by Gasteiger charge is -2.46. The van der Waals surface area contributed by atoms with Gasteiger partial charge in [-0.15, -0.1) is 0 Å². The fraction of sp³-hybridized carbons (Fsp3) is 0.929. The van der Waals surface area contributed by atoms with Crippen molar-refractivity contribution < 1.29 is 15.3 Å². The highest BCUT2D eigenvalue weighted by Gasteiger charge is 2.51. The zero-order valence-corrected chi connectivity index (χ0v) is 21.1. The second kappa shape index (κ2) is 9.85. The third kappa shape index (κ3) is 5.58. The van der Waals surface area contributed by atoms with Crippen LogP contribution in [0.3, 0.4) is 0 Å². The molecule has 0 saturated heterocycles. The van der Waals surface area contributed by atoms with E-state index in [4.69, 9.17) is 0 Å². The average Bonchev–Trinajstić information content (AvgIpc) is 3.04. The molecule has 0 aromatic heterocycles. The van der Waals surface area contributed by atoms with E-state index in [0.29, 0.717) is 11.3 Å². The van der Waals surface area contributed by atoms with Gasteiger partial charge >= 0.3 is 0 Å². The van der Waals surface area contributed by atoms with E-state index in [1.54, 1.807) is 0 Å². The number of hydrogen-bond acceptors (Lipinski definition) is 3. The summed E-state index contributed by atoms with van der Waals surface area (Å²) >= 11 is 0. The molecular weight excluding hydrogens is 384 g/mol. The molecule has 10 atom stereocenters. The summed E-state index contributed by atoms with van der Waals surface area (Å²) in [7, 11) is 0. The monoisotopic (exact) mass is 434 g/mol. The van der Waals surface area contributed by atoms with E-state index >= 15 is 0 Å². The van der Waals surface area contributed by atoms with Gasteiger partial charge < -0.3 is 15.3 Å². The second-order valence-electron chi connectivity index (χ2n) is 12.6. The van der Waals surface area contributed by atoms with Gasteiger partial charge in [-0.05, 0) is 93.3 Å². The van der Waals surface area contributed by atoms with Gasteiger partial charge in [0.15, 0.2) is 0 Å². The van der Waals surface area contributed by atoms with E-state index < -0.39 is 17.8 Å². The summed E-state index contributed by atoms with van der Waals surface area (Å²) in [5.74, 6) is 3.43. The van der Waals surface area contributed by atoms with Crippen molar-refractivity contribution in [1.29, 1.82) is 0 Å². The van der Waals surface area contributed by atoms with Crippen molar-refractivity contribution in [3.63, 3.8) is 0 Å². The lowest BCUT2D eigenvalue weighted by molar-refractivity contribution is -0.0614. The van der Waals surface area contributed by atoms with Gasteiger partial charge in [-0.3, -0.25) is 0 Å². The molecular formula is C28H50O3. The summed E-state index contributed by atoms with van der Waals surface area (Å²) in [5.41, 5.74) is -0.106. The Morgan fingerprint density at radius 2 is 1.71 bits per heavy atom. The molecule has 0 aromatic rings. The highest BCUT2D eigenvalue weighted by Crippen LogP contribution is 2.60. The van der Waals surface area contributed by atoms with Crippen LogP contribution in [0.2, 0.25) is 0 Å². The minimum absolute atomic E-state index is 0.0221. The van der Waals surface area contributed by atoms with Crippen molar-refractivity contribution in [2.75, 3.05) is 0 Å². The van der Waals surface area contributed by atoms with E-state index in [1.807, 2.05) is 20.8 Å². The lowest BCUT2D eigenvalue weighted by Crippen LogP contribution is -2.43. The fourth-order valence-corrected chi connectivity index (χ4v) is 7.72. The minimum atomic E-state index is -0.544. The number of allylic oxidation sites excluding steroid dienone is 2. The number of rotatable bonds is 7. The first-order chi connectivity index (χ1) is 14.4. The van der Waals surface area contributed by atoms with E-state index in [-0.39, 0.29) is 17.8 Å². The van der Waals surface area contributed by atoms with Crippen LogP contribution in [0.4, 0.5) is 0 Å². The van der Waals surface area contributed by atoms with Crippen LogP contribution >= 0.6 is 0 Å². The summed E-state index contributed by atoms with van der Waals surface area (Å²) in [6, 6.07) is 0. The standard InChI is InChI=1S/C28H50O3/c1-18(9-7-15-27(4,5)31)23-13-14-24-21(10-8-16-28(23,24)6)11-12-22-17-25(29)20(3)26(30)19(22)2/h11-12,18-26,29-31H,7-10,13-17H2,1-6H3/b12-11-/t18-,19?,20+,21?,22?,23?,24?,25-,26-,28-/m1/s1. The van der Waals surface area contributed by atoms with Gasteiger partial charge in [0.25, 0.3) is 0 Å². The Morgan fingerprint density at radius 1 is 1.03 bits per heavy atom. The third-order valence-corrected chi connectivity index (χ3v) is 9.87. The van der Waals surface area contributed by atoms with Crippen molar-refractivity contribution in [1.82, 2.24) is 0 Å². The van der Waals surface area contributed by atoms with E-state index in [9.17, 15) is 15.3 Å². The molecule has 31 heavy (non-hydrogen) atoms. The van der Waals surface area contributed by atoms with Crippen molar-refractivity contribution in [3.05, 3.63) is 12.2 Å². The van der Waals surface area contributed by atoms with Gasteiger partial charge in [0.2, 0.25) is 0 Å². The highest BCUT2D eigenvalue weighted by molar-refractivity contribution is 5.08. The second-order valence-corrected chi connectivity index (χ2v) is 12.6. The van der Waals surface area contributed by atoms with Crippen LogP contribution in [0.25, 0.3) is 0 Å². The first kappa shape index (κ1) is 25.2. The molecule has 5 unspecified atom stereocenters. The normalized spacial score (nSPS) is 45.1. The van der Waals surface area contributed by atoms with Crippen molar-refractivity contribution in [2.45, 2.75) is 117 Å². The van der Waals surface area contributed by atoms with Crippen molar-refractivity contribution >= 4 is 0 Å². The molecule has 3 aliphatic rings. The molecule has 3 aliphatic carbocycles. The first-order valence-electron chi connectivity index (χ1n) is 13.2. The minimum Gasteiger partial charge on any atom is -0.393 e. The molecule has 3 saturated carbocycles. The Labute approximate surface area is 191 Å². The summed E-state index contributed by atoms with van der Waals surface area (Å²) < 4.78 is 0. The molecule has 3 fully saturated rings. The van der Waals surface area contributed by atoms with Crippen LogP contribution in [0.5, 0.6) is 0 Å². The Hall–Kier alpha value is -0.380. The van der Waals surface area contributed by atoms with E-state index in [1.165, 1.54) is 38.5 Å². The van der Waals surface area contributed by atoms with Crippen LogP contribution < -0.4 is 0 Å². The number of fused-ring (bicyclic) bond motifs is 1. The maximum Gasteiger partial charge on any atom is 0.0621 e. The first-order valence-corrected chi connectivity index (χ1v) is 13.2. The molecule has 0 spiro atoms. The lowest BCUT2D eigenvalue weighted by atomic mass is 9.59. The Kier molecular flexibility index (Phi) is 8.03. The maximum atomic E-state index is 10.5. The average molecular weight is 435 g/mol. The SMILES string of the molecule is CC1C(/C=C\C2CCC[C@@]3(C)C2CCC3[C@H](C)CCCC(C)(C)O)C[C@@H](O)[C@H](C)[C@@H]1O. The molecule has 3 rings (SSSR count). The van der Waals surface area contributed by atoms with Crippen molar-refractivity contribution in [2.24, 2.45) is 46.8 Å². The number of aliphatic hydroxyl groups excluding tert-OH is 2. The van der Waals surface area contributed by atoms with Crippen LogP contribution in [-0.4, -0.2) is 33.1 Å². The number of aliphatic hydroxyl groups is 3. The van der Waals surface area contributed by atoms with Gasteiger partial charge in [0.1, 0.15) is 0 Å². The molecule has 3 heteroatoms. The molecule has 0 amide bonds. The van der Waals surface area contributed by atoms with E-state index in [2.05, 4.69) is 32.9 Å². The van der Waals surface area contributed by atoms with E-state index in [0.717, 1.165) is 37.0 Å². The van der Waals surface area contributed by atoms with Gasteiger partial charge in [-0.2, -0.15) is 0 Å². The molecule has 0 radical (unpaired) electrons. The van der Waals surface area contributed by atoms with Crippen LogP contribution in [0.1, 0.15) is 99.3 Å². The fourth-order valence-electron chi connectivity index (χ4n) is 7.72. The molecule has 0 bridgehead atoms. The molecule has 0 aliphatic heterocycles. The zero-order valence-electron chi connectivity index (χ0n) is 21.1. The van der Waals surface area contributed by atoms with Crippen LogP contribution in [0.15, 0.2) is 12.2 Å². The summed E-state index contributed by atoms with van der Waals surface area (Å²) in [5, 5.41) is 31.0. The molecule has 3 N–H and O–H groups in total. The van der Waals surface area contributed by atoms with Gasteiger partial charge in [0.05, 0.1) is 17.8 Å². The van der Waals surface area contributed by atoms with Gasteiger partial charge in [-0.1, -0.05) is 59.1 Å². The molecule has 180 valence electrons. The largest absolute Gasteiger partial charge is 0.393 e. The van der Waals surface area contributed by atoms with Gasteiger partial charge in [-0.25, -0.2) is 0 Å². The Balaban J connectivity index is 1.63. The topological polar surface area (TPSA) is 60.7 Å². The summed E-state index contributed by atoms with van der Waals surface area (Å²) in [6.45, 7) is 13.0. The maximum absolute atomic E-state index is 10.5. The highest BCUT2D eigenvalue weighted by atomic mass is 16.3. The summed E-state index contributed by atoms with van der Waals surface area (Å²) in [6.07, 6.45) is 14.7. The Morgan fingerprint density at radius 3 is 2.39 bits per heavy atom. The Bertz CT molecular complexity index is 608.